The van der Waals surface area contributed by atoms with Gasteiger partial charge in [-0.15, -0.1) is 0 Å². The summed E-state index contributed by atoms with van der Waals surface area (Å²) in [5.74, 6) is -1.28. The van der Waals surface area contributed by atoms with E-state index < -0.39 is 18.1 Å². The SMILES string of the molecule is C=C(OC(=C)c1ccc(NC(=O)c2cccc(C)n2)cc1)C(=O)N[C@H](C(=O)NCC(C)O)C1CCCCC1. The number of anilines is 1. The first-order chi connectivity index (χ1) is 18.1. The number of rotatable bonds is 11. The largest absolute Gasteiger partial charge is 0.452 e. The molecule has 1 aromatic heterocycles. The number of ether oxygens (including phenoxy) is 1. The number of aromatic nitrogens is 1. The molecule has 1 aromatic carbocycles. The lowest BCUT2D eigenvalue weighted by atomic mass is 9.83. The molecule has 1 aliphatic rings. The molecular weight excluding hydrogens is 484 g/mol. The van der Waals surface area contributed by atoms with Gasteiger partial charge in [0.2, 0.25) is 5.91 Å². The van der Waals surface area contributed by atoms with Crippen LogP contribution in [0.4, 0.5) is 5.69 Å². The van der Waals surface area contributed by atoms with E-state index in [0.717, 1.165) is 37.8 Å². The van der Waals surface area contributed by atoms with Crippen molar-refractivity contribution >= 4 is 29.2 Å². The van der Waals surface area contributed by atoms with Gasteiger partial charge >= 0.3 is 0 Å². The molecule has 1 fully saturated rings. The molecule has 0 saturated heterocycles. The van der Waals surface area contributed by atoms with Crippen LogP contribution in [0.5, 0.6) is 0 Å². The van der Waals surface area contributed by atoms with Gasteiger partial charge < -0.3 is 25.8 Å². The van der Waals surface area contributed by atoms with Gasteiger partial charge in [-0.25, -0.2) is 4.98 Å². The summed E-state index contributed by atoms with van der Waals surface area (Å²) in [4.78, 5) is 42.3. The second kappa shape index (κ2) is 13.5. The Bertz CT molecular complexity index is 1170. The highest BCUT2D eigenvalue weighted by atomic mass is 16.5. The molecule has 2 aromatic rings. The quantitative estimate of drug-likeness (QED) is 0.264. The first-order valence-corrected chi connectivity index (χ1v) is 12.8. The summed E-state index contributed by atoms with van der Waals surface area (Å²) in [7, 11) is 0. The molecule has 2 atom stereocenters. The average molecular weight is 521 g/mol. The van der Waals surface area contributed by atoms with E-state index in [1.807, 2.05) is 13.0 Å². The van der Waals surface area contributed by atoms with Crippen LogP contribution in [-0.4, -0.2) is 46.5 Å². The Morgan fingerprint density at radius 2 is 1.76 bits per heavy atom. The van der Waals surface area contributed by atoms with Gasteiger partial charge in [-0.3, -0.25) is 14.4 Å². The van der Waals surface area contributed by atoms with Crippen LogP contribution in [0.15, 0.2) is 61.4 Å². The van der Waals surface area contributed by atoms with Gasteiger partial charge in [-0.2, -0.15) is 0 Å². The third kappa shape index (κ3) is 8.27. The average Bonchev–Trinajstić information content (AvgIpc) is 2.91. The van der Waals surface area contributed by atoms with E-state index in [-0.39, 0.29) is 35.8 Å². The Hall–Kier alpha value is -3.98. The number of amides is 3. The molecule has 4 N–H and O–H groups in total. The van der Waals surface area contributed by atoms with Gasteiger partial charge in [0.1, 0.15) is 17.5 Å². The molecule has 0 bridgehead atoms. The van der Waals surface area contributed by atoms with Gasteiger partial charge in [0, 0.05) is 23.5 Å². The van der Waals surface area contributed by atoms with Crippen LogP contribution in [-0.2, 0) is 14.3 Å². The number of aliphatic hydroxyl groups is 1. The second-order valence-corrected chi connectivity index (χ2v) is 9.59. The van der Waals surface area contributed by atoms with Crippen molar-refractivity contribution < 1.29 is 24.2 Å². The number of benzene rings is 1. The molecule has 1 aliphatic carbocycles. The number of aliphatic hydroxyl groups excluding tert-OH is 1. The number of hydrogen-bond acceptors (Lipinski definition) is 6. The zero-order chi connectivity index (χ0) is 27.7. The minimum absolute atomic E-state index is 0.00421. The normalized spacial score (nSPS) is 15.0. The summed E-state index contributed by atoms with van der Waals surface area (Å²) in [6, 6.07) is 11.2. The van der Waals surface area contributed by atoms with Crippen LogP contribution in [0, 0.1) is 12.8 Å². The monoisotopic (exact) mass is 520 g/mol. The fourth-order valence-electron chi connectivity index (χ4n) is 4.30. The maximum absolute atomic E-state index is 12.9. The maximum Gasteiger partial charge on any atom is 0.287 e. The maximum atomic E-state index is 12.9. The number of carbonyl (C=O) groups is 3. The molecule has 9 nitrogen and oxygen atoms in total. The molecule has 0 radical (unpaired) electrons. The third-order valence-electron chi connectivity index (χ3n) is 6.35. The molecule has 1 saturated carbocycles. The minimum atomic E-state index is -0.749. The van der Waals surface area contributed by atoms with Crippen LogP contribution in [0.1, 0.15) is 60.8 Å². The molecular formula is C29H36N4O5. The van der Waals surface area contributed by atoms with E-state index in [1.165, 1.54) is 0 Å². The van der Waals surface area contributed by atoms with E-state index in [9.17, 15) is 19.5 Å². The Kier molecular flexibility index (Phi) is 10.2. The van der Waals surface area contributed by atoms with E-state index in [2.05, 4.69) is 34.1 Å². The third-order valence-corrected chi connectivity index (χ3v) is 6.35. The van der Waals surface area contributed by atoms with Gasteiger partial charge in [0.15, 0.2) is 5.76 Å². The molecule has 3 rings (SSSR count). The number of pyridine rings is 1. The molecule has 38 heavy (non-hydrogen) atoms. The second-order valence-electron chi connectivity index (χ2n) is 9.59. The molecule has 3 amide bonds. The lowest BCUT2D eigenvalue weighted by Gasteiger charge is -2.30. The topological polar surface area (TPSA) is 130 Å². The summed E-state index contributed by atoms with van der Waals surface area (Å²) in [6.45, 7) is 11.1. The predicted octanol–water partition coefficient (Wildman–Crippen LogP) is 3.71. The van der Waals surface area contributed by atoms with Crippen LogP contribution in [0.25, 0.3) is 5.76 Å². The fraction of sp³-hybridized carbons (Fsp3) is 0.379. The van der Waals surface area contributed by atoms with Crippen molar-refractivity contribution in [3.05, 3.63) is 78.3 Å². The van der Waals surface area contributed by atoms with Crippen molar-refractivity contribution in [3.63, 3.8) is 0 Å². The van der Waals surface area contributed by atoms with E-state index >= 15 is 0 Å². The smallest absolute Gasteiger partial charge is 0.287 e. The molecule has 202 valence electrons. The first-order valence-electron chi connectivity index (χ1n) is 12.8. The Morgan fingerprint density at radius 3 is 2.39 bits per heavy atom. The van der Waals surface area contributed by atoms with Crippen LogP contribution < -0.4 is 16.0 Å². The summed E-state index contributed by atoms with van der Waals surface area (Å²) in [5, 5.41) is 17.8. The highest BCUT2D eigenvalue weighted by molar-refractivity contribution is 6.03. The van der Waals surface area contributed by atoms with Gasteiger partial charge in [-0.05, 0) is 69.0 Å². The highest BCUT2D eigenvalue weighted by Gasteiger charge is 2.32. The van der Waals surface area contributed by atoms with Gasteiger partial charge in [0.25, 0.3) is 11.8 Å². The van der Waals surface area contributed by atoms with E-state index in [1.54, 1.807) is 43.3 Å². The number of nitrogens with one attached hydrogen (secondary N) is 3. The number of aryl methyl sites for hydroxylation is 1. The number of hydrogen-bond donors (Lipinski definition) is 4. The Labute approximate surface area is 223 Å². The van der Waals surface area contributed by atoms with Crippen LogP contribution in [0.2, 0.25) is 0 Å². The zero-order valence-electron chi connectivity index (χ0n) is 22.0. The summed E-state index contributed by atoms with van der Waals surface area (Å²) >= 11 is 0. The molecule has 9 heteroatoms. The number of carbonyl (C=O) groups excluding carboxylic acids is 3. The summed E-state index contributed by atoms with van der Waals surface area (Å²) < 4.78 is 5.60. The molecule has 1 unspecified atom stereocenters. The Morgan fingerprint density at radius 1 is 1.08 bits per heavy atom. The minimum Gasteiger partial charge on any atom is -0.452 e. The zero-order valence-corrected chi connectivity index (χ0v) is 22.0. The van der Waals surface area contributed by atoms with Crippen molar-refractivity contribution in [2.75, 3.05) is 11.9 Å². The van der Waals surface area contributed by atoms with Crippen molar-refractivity contribution in [1.82, 2.24) is 15.6 Å². The van der Waals surface area contributed by atoms with Crippen molar-refractivity contribution in [2.24, 2.45) is 5.92 Å². The Balaban J connectivity index is 1.58. The molecule has 0 spiro atoms. The molecule has 1 heterocycles. The van der Waals surface area contributed by atoms with E-state index in [4.69, 9.17) is 4.74 Å². The van der Waals surface area contributed by atoms with Crippen molar-refractivity contribution in [2.45, 2.75) is 58.1 Å². The van der Waals surface area contributed by atoms with Crippen LogP contribution >= 0.6 is 0 Å². The van der Waals surface area contributed by atoms with Crippen molar-refractivity contribution in [1.29, 1.82) is 0 Å². The lowest BCUT2D eigenvalue weighted by molar-refractivity contribution is -0.130. The van der Waals surface area contributed by atoms with E-state index in [0.29, 0.717) is 16.9 Å². The highest BCUT2D eigenvalue weighted by Crippen LogP contribution is 2.27. The first kappa shape index (κ1) is 28.6. The van der Waals surface area contributed by atoms with Crippen molar-refractivity contribution in [3.8, 4) is 0 Å². The lowest BCUT2D eigenvalue weighted by Crippen LogP contribution is -2.52. The molecule has 0 aliphatic heterocycles. The standard InChI is InChI=1S/C29H36N4O5/c1-18-9-8-12-25(31-18)28(36)32-24-15-13-22(14-16-24)20(3)38-21(4)27(35)33-26(23-10-6-5-7-11-23)29(37)30-17-19(2)34/h8-9,12-16,19,23,26,34H,3-7,10-11,17H2,1-2H3,(H,30,37)(H,32,36)(H,33,35)/t19?,26-/m0/s1. The summed E-state index contributed by atoms with van der Waals surface area (Å²) in [5.41, 5.74) is 2.21. The van der Waals surface area contributed by atoms with Gasteiger partial charge in [-0.1, -0.05) is 38.5 Å². The summed E-state index contributed by atoms with van der Waals surface area (Å²) in [6.07, 6.45) is 4.06. The fourth-order valence-corrected chi connectivity index (χ4v) is 4.30. The predicted molar refractivity (Wildman–Crippen MR) is 146 cm³/mol. The number of nitrogens with zero attached hydrogens (tertiary/aromatic N) is 1. The van der Waals surface area contributed by atoms with Gasteiger partial charge in [0.05, 0.1) is 6.10 Å². The van der Waals surface area contributed by atoms with Crippen LogP contribution in [0.3, 0.4) is 0 Å².